The van der Waals surface area contributed by atoms with E-state index in [2.05, 4.69) is 4.98 Å². The molecule has 0 radical (unpaired) electrons. The van der Waals surface area contributed by atoms with Crippen LogP contribution in [0.1, 0.15) is 16.9 Å². The van der Waals surface area contributed by atoms with E-state index < -0.39 is 18.4 Å². The molecule has 82 valence electrons. The minimum Gasteiger partial charge on any atom is -0.494 e. The van der Waals surface area contributed by atoms with Crippen LogP contribution in [0.2, 0.25) is 0 Å². The molecule has 1 aromatic rings. The number of ketones is 1. The van der Waals surface area contributed by atoms with Crippen molar-refractivity contribution in [2.75, 3.05) is 7.11 Å². The first-order valence-electron chi connectivity index (χ1n) is 4.03. The molecule has 0 fully saturated rings. The molecule has 0 aliphatic rings. The Morgan fingerprint density at radius 3 is 2.73 bits per heavy atom. The average molecular weight is 219 g/mol. The number of hydrogen-bond donors (Lipinski definition) is 0. The number of alkyl halides is 3. The predicted molar refractivity (Wildman–Crippen MR) is 45.8 cm³/mol. The number of rotatable bonds is 3. The van der Waals surface area contributed by atoms with Gasteiger partial charge in [0.1, 0.15) is 17.9 Å². The summed E-state index contributed by atoms with van der Waals surface area (Å²) in [4.78, 5) is 14.7. The topological polar surface area (TPSA) is 39.2 Å². The smallest absolute Gasteiger partial charge is 0.396 e. The largest absolute Gasteiger partial charge is 0.494 e. The molecule has 0 atom stereocenters. The molecule has 15 heavy (non-hydrogen) atoms. The summed E-state index contributed by atoms with van der Waals surface area (Å²) in [6.07, 6.45) is -4.81. The highest BCUT2D eigenvalue weighted by Crippen LogP contribution is 2.24. The van der Waals surface area contributed by atoms with Gasteiger partial charge in [0.2, 0.25) is 0 Å². The van der Waals surface area contributed by atoms with Crippen LogP contribution < -0.4 is 4.74 Å². The first-order valence-corrected chi connectivity index (χ1v) is 4.03. The van der Waals surface area contributed by atoms with E-state index in [9.17, 15) is 18.0 Å². The molecule has 0 bridgehead atoms. The van der Waals surface area contributed by atoms with Crippen LogP contribution in [-0.4, -0.2) is 24.1 Å². The summed E-state index contributed by atoms with van der Waals surface area (Å²) >= 11 is 0. The van der Waals surface area contributed by atoms with Gasteiger partial charge in [-0.05, 0) is 12.1 Å². The maximum Gasteiger partial charge on any atom is 0.396 e. The molecule has 0 aromatic carbocycles. The second kappa shape index (κ2) is 4.29. The van der Waals surface area contributed by atoms with Gasteiger partial charge in [-0.2, -0.15) is 13.2 Å². The maximum atomic E-state index is 11.9. The Kier molecular flexibility index (Phi) is 3.28. The van der Waals surface area contributed by atoms with Crippen LogP contribution in [0.5, 0.6) is 5.75 Å². The van der Waals surface area contributed by atoms with Crippen molar-refractivity contribution >= 4 is 5.78 Å². The van der Waals surface area contributed by atoms with E-state index in [0.29, 0.717) is 0 Å². The Balaban J connectivity index is 2.91. The third-order valence-electron chi connectivity index (χ3n) is 1.62. The van der Waals surface area contributed by atoms with Crippen molar-refractivity contribution in [3.05, 3.63) is 24.0 Å². The second-order valence-corrected chi connectivity index (χ2v) is 2.77. The molecule has 0 N–H and O–H groups in total. The van der Waals surface area contributed by atoms with Crippen molar-refractivity contribution in [1.82, 2.24) is 4.98 Å². The molecular weight excluding hydrogens is 211 g/mol. The normalized spacial score (nSPS) is 11.2. The zero-order chi connectivity index (χ0) is 11.5. The van der Waals surface area contributed by atoms with Gasteiger partial charge in [-0.15, -0.1) is 0 Å². The molecule has 0 saturated carbocycles. The summed E-state index contributed by atoms with van der Waals surface area (Å²) in [5, 5.41) is 0. The van der Waals surface area contributed by atoms with E-state index in [1.54, 1.807) is 0 Å². The van der Waals surface area contributed by atoms with Gasteiger partial charge in [0, 0.05) is 6.20 Å². The van der Waals surface area contributed by atoms with Gasteiger partial charge in [-0.1, -0.05) is 0 Å². The van der Waals surface area contributed by atoms with Gasteiger partial charge in [0.25, 0.3) is 0 Å². The van der Waals surface area contributed by atoms with Crippen LogP contribution in [0, 0.1) is 0 Å². The standard InChI is InChI=1S/C9H8F3NO2/c1-15-7-3-2-4-13-8(7)6(14)5-9(10,11)12/h2-4H,5H2,1H3. The maximum absolute atomic E-state index is 11.9. The third kappa shape index (κ3) is 3.23. The van der Waals surface area contributed by atoms with E-state index in [1.807, 2.05) is 0 Å². The zero-order valence-electron chi connectivity index (χ0n) is 7.84. The first kappa shape index (κ1) is 11.5. The Morgan fingerprint density at radius 2 is 2.20 bits per heavy atom. The number of halogens is 3. The summed E-state index contributed by atoms with van der Waals surface area (Å²) in [6.45, 7) is 0. The van der Waals surface area contributed by atoms with E-state index in [-0.39, 0.29) is 11.4 Å². The Bertz CT molecular complexity index is 363. The number of Topliss-reactive ketones (excluding diaryl/α,β-unsaturated/α-hetero) is 1. The molecule has 6 heteroatoms. The van der Waals surface area contributed by atoms with Crippen LogP contribution in [0.15, 0.2) is 18.3 Å². The van der Waals surface area contributed by atoms with Gasteiger partial charge in [-0.3, -0.25) is 4.79 Å². The van der Waals surface area contributed by atoms with E-state index in [4.69, 9.17) is 4.74 Å². The lowest BCUT2D eigenvalue weighted by Gasteiger charge is -2.07. The van der Waals surface area contributed by atoms with Crippen LogP contribution in [0.3, 0.4) is 0 Å². The third-order valence-corrected chi connectivity index (χ3v) is 1.62. The van der Waals surface area contributed by atoms with Crippen LogP contribution in [-0.2, 0) is 0 Å². The molecule has 0 amide bonds. The highest BCUT2D eigenvalue weighted by atomic mass is 19.4. The molecule has 0 aliphatic heterocycles. The van der Waals surface area contributed by atoms with Crippen molar-refractivity contribution in [2.45, 2.75) is 12.6 Å². The Labute approximate surface area is 83.9 Å². The molecule has 0 saturated heterocycles. The molecule has 3 nitrogen and oxygen atoms in total. The Hall–Kier alpha value is -1.59. The van der Waals surface area contributed by atoms with Crippen LogP contribution in [0.25, 0.3) is 0 Å². The van der Waals surface area contributed by atoms with Gasteiger partial charge in [0.05, 0.1) is 7.11 Å². The number of hydrogen-bond acceptors (Lipinski definition) is 3. The number of nitrogens with zero attached hydrogens (tertiary/aromatic N) is 1. The molecule has 0 unspecified atom stereocenters. The van der Waals surface area contributed by atoms with Crippen molar-refractivity contribution in [3.8, 4) is 5.75 Å². The number of carbonyl (C=O) groups is 1. The molecule has 1 rings (SSSR count). The summed E-state index contributed by atoms with van der Waals surface area (Å²) < 4.78 is 40.5. The number of ether oxygens (including phenoxy) is 1. The lowest BCUT2D eigenvalue weighted by molar-refractivity contribution is -0.125. The van der Waals surface area contributed by atoms with Gasteiger partial charge < -0.3 is 4.74 Å². The van der Waals surface area contributed by atoms with E-state index in [0.717, 1.165) is 0 Å². The summed E-state index contributed by atoms with van der Waals surface area (Å²) in [6, 6.07) is 2.86. The second-order valence-electron chi connectivity index (χ2n) is 2.77. The highest BCUT2D eigenvalue weighted by Gasteiger charge is 2.33. The lowest BCUT2D eigenvalue weighted by Crippen LogP contribution is -2.16. The van der Waals surface area contributed by atoms with Crippen molar-refractivity contribution in [2.24, 2.45) is 0 Å². The Morgan fingerprint density at radius 1 is 1.53 bits per heavy atom. The average Bonchev–Trinajstić information content (AvgIpc) is 2.15. The quantitative estimate of drug-likeness (QED) is 0.731. The van der Waals surface area contributed by atoms with Gasteiger partial charge in [-0.25, -0.2) is 4.98 Å². The monoisotopic (exact) mass is 219 g/mol. The predicted octanol–water partition coefficient (Wildman–Crippen LogP) is 2.23. The molecule has 1 heterocycles. The minimum absolute atomic E-state index is 0.0479. The van der Waals surface area contributed by atoms with Gasteiger partial charge in [0.15, 0.2) is 5.78 Å². The van der Waals surface area contributed by atoms with Crippen molar-refractivity contribution in [1.29, 1.82) is 0 Å². The molecule has 0 aliphatic carbocycles. The van der Waals surface area contributed by atoms with Crippen LogP contribution >= 0.6 is 0 Å². The summed E-state index contributed by atoms with van der Waals surface area (Å²) in [5.74, 6) is -1.05. The molecular formula is C9H8F3NO2. The molecule has 0 spiro atoms. The van der Waals surface area contributed by atoms with E-state index >= 15 is 0 Å². The fourth-order valence-corrected chi connectivity index (χ4v) is 1.03. The fraction of sp³-hybridized carbons (Fsp3) is 0.333. The number of aromatic nitrogens is 1. The summed E-state index contributed by atoms with van der Waals surface area (Å²) in [7, 11) is 1.27. The van der Waals surface area contributed by atoms with E-state index in [1.165, 1.54) is 25.4 Å². The van der Waals surface area contributed by atoms with Crippen molar-refractivity contribution < 1.29 is 22.7 Å². The lowest BCUT2D eigenvalue weighted by atomic mass is 10.2. The van der Waals surface area contributed by atoms with Crippen LogP contribution in [0.4, 0.5) is 13.2 Å². The zero-order valence-corrected chi connectivity index (χ0v) is 7.84. The van der Waals surface area contributed by atoms with Crippen molar-refractivity contribution in [3.63, 3.8) is 0 Å². The summed E-state index contributed by atoms with van der Waals surface area (Å²) in [5.41, 5.74) is -0.294. The number of methoxy groups -OCH3 is 1. The number of pyridine rings is 1. The molecule has 1 aromatic heterocycles. The highest BCUT2D eigenvalue weighted by molar-refractivity contribution is 5.97. The minimum atomic E-state index is -4.53. The van der Waals surface area contributed by atoms with Gasteiger partial charge >= 0.3 is 6.18 Å². The number of carbonyl (C=O) groups excluding carboxylic acids is 1. The first-order chi connectivity index (χ1) is 6.94. The SMILES string of the molecule is COc1cccnc1C(=O)CC(F)(F)F. The fourth-order valence-electron chi connectivity index (χ4n) is 1.03.